The number of rotatable bonds is 4. The molecule has 0 aliphatic carbocycles. The number of nitrogens with zero attached hydrogens (tertiary/aromatic N) is 1. The quantitative estimate of drug-likeness (QED) is 0.921. The number of carboxylic acids is 1. The highest BCUT2D eigenvalue weighted by atomic mass is 35.5. The zero-order valence-electron chi connectivity index (χ0n) is 11.2. The molecular weight excluding hydrogens is 317 g/mol. The summed E-state index contributed by atoms with van der Waals surface area (Å²) in [6.07, 6.45) is 2.09. The van der Waals surface area contributed by atoms with E-state index in [1.807, 2.05) is 0 Å². The molecule has 0 radical (unpaired) electrons. The summed E-state index contributed by atoms with van der Waals surface area (Å²) in [5.41, 5.74) is 0. The SMILES string of the molecule is O=C(O)C1CCCCN1C(=O)COc1ccc(Cl)cc1Cl. The number of likely N-dealkylation sites (tertiary alicyclic amines) is 1. The van der Waals surface area contributed by atoms with E-state index in [9.17, 15) is 9.59 Å². The molecule has 0 saturated carbocycles. The van der Waals surface area contributed by atoms with Crippen molar-refractivity contribution in [1.82, 2.24) is 4.90 Å². The molecule has 1 saturated heterocycles. The van der Waals surface area contributed by atoms with E-state index in [0.717, 1.165) is 12.8 Å². The van der Waals surface area contributed by atoms with E-state index in [1.165, 1.54) is 11.0 Å². The fourth-order valence-electron chi connectivity index (χ4n) is 2.30. The number of piperidine rings is 1. The lowest BCUT2D eigenvalue weighted by atomic mass is 10.0. The Bertz CT molecular complexity index is 550. The lowest BCUT2D eigenvalue weighted by molar-refractivity contribution is -0.152. The van der Waals surface area contributed by atoms with Gasteiger partial charge in [-0.2, -0.15) is 0 Å². The summed E-state index contributed by atoms with van der Waals surface area (Å²) in [6, 6.07) is 3.93. The molecule has 1 aromatic rings. The number of halogens is 2. The molecule has 21 heavy (non-hydrogen) atoms. The van der Waals surface area contributed by atoms with Gasteiger partial charge in [0.05, 0.1) is 5.02 Å². The van der Waals surface area contributed by atoms with Crippen LogP contribution in [0, 0.1) is 0 Å². The van der Waals surface area contributed by atoms with Gasteiger partial charge in [-0.15, -0.1) is 0 Å². The van der Waals surface area contributed by atoms with Gasteiger partial charge in [-0.25, -0.2) is 4.79 Å². The Morgan fingerprint density at radius 2 is 2.10 bits per heavy atom. The van der Waals surface area contributed by atoms with Gasteiger partial charge in [0.25, 0.3) is 5.91 Å². The first-order chi connectivity index (χ1) is 9.99. The fraction of sp³-hybridized carbons (Fsp3) is 0.429. The van der Waals surface area contributed by atoms with Gasteiger partial charge >= 0.3 is 5.97 Å². The second-order valence-corrected chi connectivity index (χ2v) is 5.64. The van der Waals surface area contributed by atoms with Crippen molar-refractivity contribution >= 4 is 35.1 Å². The van der Waals surface area contributed by atoms with Gasteiger partial charge in [0, 0.05) is 11.6 Å². The zero-order valence-corrected chi connectivity index (χ0v) is 12.7. The molecule has 0 spiro atoms. The summed E-state index contributed by atoms with van der Waals surface area (Å²) in [4.78, 5) is 24.7. The lowest BCUT2D eigenvalue weighted by Gasteiger charge is -2.32. The minimum atomic E-state index is -0.979. The molecule has 1 aromatic carbocycles. The summed E-state index contributed by atoms with van der Waals surface area (Å²) >= 11 is 11.7. The molecule has 7 heteroatoms. The normalized spacial score (nSPS) is 18.4. The van der Waals surface area contributed by atoms with Crippen molar-refractivity contribution in [2.75, 3.05) is 13.2 Å². The third kappa shape index (κ3) is 4.02. The van der Waals surface area contributed by atoms with Crippen LogP contribution in [0.3, 0.4) is 0 Å². The summed E-state index contributed by atoms with van der Waals surface area (Å²) in [6.45, 7) is 0.193. The van der Waals surface area contributed by atoms with Crippen LogP contribution in [0.25, 0.3) is 0 Å². The van der Waals surface area contributed by atoms with Crippen molar-refractivity contribution in [2.45, 2.75) is 25.3 Å². The monoisotopic (exact) mass is 331 g/mol. The Kier molecular flexibility index (Phi) is 5.31. The van der Waals surface area contributed by atoms with Crippen molar-refractivity contribution in [3.63, 3.8) is 0 Å². The summed E-state index contributed by atoms with van der Waals surface area (Å²) in [5.74, 6) is -0.987. The van der Waals surface area contributed by atoms with Crippen LogP contribution in [0.2, 0.25) is 10.0 Å². The Morgan fingerprint density at radius 1 is 1.33 bits per heavy atom. The Labute approximate surface area is 132 Å². The van der Waals surface area contributed by atoms with Gasteiger partial charge in [0.1, 0.15) is 11.8 Å². The highest BCUT2D eigenvalue weighted by Crippen LogP contribution is 2.27. The minimum absolute atomic E-state index is 0.245. The number of carbonyl (C=O) groups excluding carboxylic acids is 1. The van der Waals surface area contributed by atoms with Crippen LogP contribution in [0.4, 0.5) is 0 Å². The van der Waals surface area contributed by atoms with Gasteiger partial charge in [0.15, 0.2) is 6.61 Å². The molecule has 1 fully saturated rings. The van der Waals surface area contributed by atoms with E-state index in [1.54, 1.807) is 12.1 Å². The number of ether oxygens (including phenoxy) is 1. The third-order valence-electron chi connectivity index (χ3n) is 3.35. The number of hydrogen-bond donors (Lipinski definition) is 1. The zero-order chi connectivity index (χ0) is 15.4. The molecule has 1 atom stereocenters. The molecule has 5 nitrogen and oxygen atoms in total. The van der Waals surface area contributed by atoms with E-state index in [-0.39, 0.29) is 12.5 Å². The van der Waals surface area contributed by atoms with Gasteiger partial charge < -0.3 is 14.7 Å². The first kappa shape index (κ1) is 15.9. The Hall–Kier alpha value is -1.46. The second-order valence-electron chi connectivity index (χ2n) is 4.80. The van der Waals surface area contributed by atoms with Crippen molar-refractivity contribution in [2.24, 2.45) is 0 Å². The van der Waals surface area contributed by atoms with Crippen LogP contribution in [-0.4, -0.2) is 41.1 Å². The smallest absolute Gasteiger partial charge is 0.326 e. The standard InChI is InChI=1S/C14H15Cl2NO4/c15-9-4-5-12(10(16)7-9)21-8-13(18)17-6-2-1-3-11(17)14(19)20/h4-5,7,11H,1-3,6,8H2,(H,19,20). The number of aliphatic carboxylic acids is 1. The number of carboxylic acid groups (broad SMARTS) is 1. The third-order valence-corrected chi connectivity index (χ3v) is 3.88. The van der Waals surface area contributed by atoms with E-state index < -0.39 is 12.0 Å². The summed E-state index contributed by atoms with van der Waals surface area (Å²) < 4.78 is 5.36. The average Bonchev–Trinajstić information content (AvgIpc) is 2.46. The van der Waals surface area contributed by atoms with Crippen LogP contribution in [0.15, 0.2) is 18.2 Å². The van der Waals surface area contributed by atoms with Gasteiger partial charge in [-0.3, -0.25) is 4.79 Å². The maximum Gasteiger partial charge on any atom is 0.326 e. The van der Waals surface area contributed by atoms with Crippen molar-refractivity contribution < 1.29 is 19.4 Å². The van der Waals surface area contributed by atoms with Crippen molar-refractivity contribution in [3.05, 3.63) is 28.2 Å². The fourth-order valence-corrected chi connectivity index (χ4v) is 2.76. The highest BCUT2D eigenvalue weighted by molar-refractivity contribution is 6.35. The molecule has 114 valence electrons. The average molecular weight is 332 g/mol. The predicted molar refractivity (Wildman–Crippen MR) is 78.9 cm³/mol. The molecule has 1 N–H and O–H groups in total. The minimum Gasteiger partial charge on any atom is -0.482 e. The predicted octanol–water partition coefficient (Wildman–Crippen LogP) is 2.84. The molecule has 1 heterocycles. The second kappa shape index (κ2) is 7.00. The van der Waals surface area contributed by atoms with E-state index in [4.69, 9.17) is 33.0 Å². The number of amides is 1. The first-order valence-corrected chi connectivity index (χ1v) is 7.35. The summed E-state index contributed by atoms with van der Waals surface area (Å²) in [5, 5.41) is 9.93. The maximum absolute atomic E-state index is 12.1. The lowest BCUT2D eigenvalue weighted by Crippen LogP contribution is -2.49. The molecule has 1 amide bonds. The molecule has 1 aliphatic heterocycles. The maximum atomic E-state index is 12.1. The van der Waals surface area contributed by atoms with Gasteiger partial charge in [-0.1, -0.05) is 23.2 Å². The van der Waals surface area contributed by atoms with Crippen LogP contribution >= 0.6 is 23.2 Å². The van der Waals surface area contributed by atoms with Crippen LogP contribution < -0.4 is 4.74 Å². The van der Waals surface area contributed by atoms with Crippen LogP contribution in [0.1, 0.15) is 19.3 Å². The topological polar surface area (TPSA) is 66.8 Å². The number of benzene rings is 1. The van der Waals surface area contributed by atoms with E-state index in [2.05, 4.69) is 0 Å². The molecular formula is C14H15Cl2NO4. The van der Waals surface area contributed by atoms with Gasteiger partial charge in [0.2, 0.25) is 0 Å². The van der Waals surface area contributed by atoms with E-state index >= 15 is 0 Å². The molecule has 2 rings (SSSR count). The Balaban J connectivity index is 1.98. The molecule has 1 aliphatic rings. The largest absolute Gasteiger partial charge is 0.482 e. The summed E-state index contributed by atoms with van der Waals surface area (Å²) in [7, 11) is 0. The van der Waals surface area contributed by atoms with Crippen LogP contribution in [0.5, 0.6) is 5.75 Å². The van der Waals surface area contributed by atoms with Crippen molar-refractivity contribution in [1.29, 1.82) is 0 Å². The Morgan fingerprint density at radius 3 is 2.76 bits per heavy atom. The van der Waals surface area contributed by atoms with Gasteiger partial charge in [-0.05, 0) is 37.5 Å². The highest BCUT2D eigenvalue weighted by Gasteiger charge is 2.32. The number of carbonyl (C=O) groups is 2. The molecule has 0 bridgehead atoms. The first-order valence-electron chi connectivity index (χ1n) is 6.59. The number of hydrogen-bond acceptors (Lipinski definition) is 3. The molecule has 1 unspecified atom stereocenters. The van der Waals surface area contributed by atoms with Crippen molar-refractivity contribution in [3.8, 4) is 5.75 Å². The van der Waals surface area contributed by atoms with Crippen LogP contribution in [-0.2, 0) is 9.59 Å². The van der Waals surface area contributed by atoms with E-state index in [0.29, 0.717) is 28.8 Å². The molecule has 0 aromatic heterocycles.